The Balaban J connectivity index is 2.05. The molecule has 26 heavy (non-hydrogen) atoms. The third-order valence-electron chi connectivity index (χ3n) is 3.77. The lowest BCUT2D eigenvalue weighted by atomic mass is 10.1. The summed E-state index contributed by atoms with van der Waals surface area (Å²) in [4.78, 5) is 16.9. The zero-order valence-corrected chi connectivity index (χ0v) is 14.6. The third-order valence-corrected chi connectivity index (χ3v) is 4.63. The number of rotatable bonds is 3. The SMILES string of the molecule is CS(=O)(=O)c1nccc(-c2c(-c3ccccc3)nc3nc(N)ccn23)n1. The van der Waals surface area contributed by atoms with E-state index < -0.39 is 9.84 Å². The summed E-state index contributed by atoms with van der Waals surface area (Å²) in [6, 6.07) is 12.8. The molecule has 0 saturated heterocycles. The summed E-state index contributed by atoms with van der Waals surface area (Å²) >= 11 is 0. The zero-order chi connectivity index (χ0) is 18.3. The summed E-state index contributed by atoms with van der Waals surface area (Å²) in [6.07, 6.45) is 4.22. The van der Waals surface area contributed by atoms with Crippen LogP contribution in [0.1, 0.15) is 0 Å². The molecule has 0 amide bonds. The molecule has 0 aliphatic rings. The number of nitrogens with two attached hydrogens (primary N) is 1. The van der Waals surface area contributed by atoms with Gasteiger partial charge in [0.15, 0.2) is 0 Å². The smallest absolute Gasteiger partial charge is 0.247 e. The molecule has 3 heterocycles. The van der Waals surface area contributed by atoms with Gasteiger partial charge in [0.05, 0.1) is 5.69 Å². The van der Waals surface area contributed by atoms with Gasteiger partial charge in [-0.05, 0) is 12.1 Å². The predicted octanol–water partition coefficient (Wildman–Crippen LogP) is 1.84. The van der Waals surface area contributed by atoms with Crippen LogP contribution >= 0.6 is 0 Å². The average Bonchev–Trinajstić information content (AvgIpc) is 3.00. The van der Waals surface area contributed by atoms with Crippen LogP contribution in [-0.4, -0.2) is 39.0 Å². The number of hydrogen-bond acceptors (Lipinski definition) is 7. The number of anilines is 1. The van der Waals surface area contributed by atoms with Gasteiger partial charge in [-0.2, -0.15) is 4.98 Å². The van der Waals surface area contributed by atoms with Crippen molar-refractivity contribution in [3.63, 3.8) is 0 Å². The van der Waals surface area contributed by atoms with E-state index in [1.807, 2.05) is 30.3 Å². The molecule has 3 aromatic heterocycles. The van der Waals surface area contributed by atoms with Crippen LogP contribution < -0.4 is 5.73 Å². The van der Waals surface area contributed by atoms with E-state index >= 15 is 0 Å². The minimum absolute atomic E-state index is 0.243. The summed E-state index contributed by atoms with van der Waals surface area (Å²) in [5, 5.41) is -0.243. The van der Waals surface area contributed by atoms with Crippen LogP contribution in [0.15, 0.2) is 60.0 Å². The highest BCUT2D eigenvalue weighted by atomic mass is 32.2. The molecule has 0 aliphatic carbocycles. The number of nitrogen functional groups attached to an aromatic ring is 1. The first-order valence-corrected chi connectivity index (χ1v) is 9.56. The fourth-order valence-corrected chi connectivity index (χ4v) is 3.15. The van der Waals surface area contributed by atoms with Crippen LogP contribution in [0.25, 0.3) is 28.4 Å². The zero-order valence-electron chi connectivity index (χ0n) is 13.7. The molecule has 0 fully saturated rings. The number of sulfone groups is 1. The first-order valence-electron chi connectivity index (χ1n) is 7.67. The predicted molar refractivity (Wildman–Crippen MR) is 97.0 cm³/mol. The molecule has 0 radical (unpaired) electrons. The van der Waals surface area contributed by atoms with Crippen molar-refractivity contribution in [3.8, 4) is 22.6 Å². The Kier molecular flexibility index (Phi) is 3.66. The second-order valence-corrected chi connectivity index (χ2v) is 7.60. The highest BCUT2D eigenvalue weighted by Gasteiger charge is 2.20. The van der Waals surface area contributed by atoms with Gasteiger partial charge < -0.3 is 5.73 Å². The molecule has 8 nitrogen and oxygen atoms in total. The van der Waals surface area contributed by atoms with Gasteiger partial charge in [0.1, 0.15) is 17.2 Å². The molecular formula is C17H14N6O2S. The van der Waals surface area contributed by atoms with Crippen molar-refractivity contribution < 1.29 is 8.42 Å². The van der Waals surface area contributed by atoms with Gasteiger partial charge in [-0.3, -0.25) is 4.40 Å². The minimum atomic E-state index is -3.54. The Morgan fingerprint density at radius 2 is 1.77 bits per heavy atom. The van der Waals surface area contributed by atoms with E-state index in [1.54, 1.807) is 22.7 Å². The molecule has 0 unspecified atom stereocenters. The Labute approximate surface area is 149 Å². The quantitative estimate of drug-likeness (QED) is 0.550. The number of hydrogen-bond donors (Lipinski definition) is 1. The summed E-state index contributed by atoms with van der Waals surface area (Å²) in [6.45, 7) is 0. The fraction of sp³-hybridized carbons (Fsp3) is 0.0588. The van der Waals surface area contributed by atoms with Gasteiger partial charge in [0.2, 0.25) is 20.8 Å². The van der Waals surface area contributed by atoms with Gasteiger partial charge in [-0.15, -0.1) is 0 Å². The second-order valence-electron chi connectivity index (χ2n) is 5.69. The van der Waals surface area contributed by atoms with Crippen molar-refractivity contribution in [2.24, 2.45) is 0 Å². The van der Waals surface area contributed by atoms with E-state index in [0.717, 1.165) is 11.8 Å². The second kappa shape index (κ2) is 5.88. The van der Waals surface area contributed by atoms with E-state index in [1.165, 1.54) is 6.20 Å². The normalized spacial score (nSPS) is 11.7. The molecule has 0 spiro atoms. The first-order chi connectivity index (χ1) is 12.4. The molecule has 0 bridgehead atoms. The van der Waals surface area contributed by atoms with Crippen LogP contribution in [0.4, 0.5) is 5.82 Å². The van der Waals surface area contributed by atoms with Crippen molar-refractivity contribution in [3.05, 3.63) is 54.9 Å². The monoisotopic (exact) mass is 366 g/mol. The molecule has 1 aromatic carbocycles. The summed E-state index contributed by atoms with van der Waals surface area (Å²) in [5.41, 5.74) is 8.30. The number of fused-ring (bicyclic) bond motifs is 1. The Morgan fingerprint density at radius 1 is 1.00 bits per heavy atom. The molecule has 0 saturated carbocycles. The van der Waals surface area contributed by atoms with Gasteiger partial charge in [-0.1, -0.05) is 30.3 Å². The van der Waals surface area contributed by atoms with Gasteiger partial charge in [-0.25, -0.2) is 23.4 Å². The molecule has 4 aromatic rings. The molecule has 4 rings (SSSR count). The Bertz CT molecular complexity index is 1220. The van der Waals surface area contributed by atoms with E-state index in [9.17, 15) is 8.42 Å². The van der Waals surface area contributed by atoms with Crippen LogP contribution in [-0.2, 0) is 9.84 Å². The molecule has 2 N–H and O–H groups in total. The van der Waals surface area contributed by atoms with Crippen LogP contribution in [0.5, 0.6) is 0 Å². The number of nitrogens with zero attached hydrogens (tertiary/aromatic N) is 5. The van der Waals surface area contributed by atoms with Gasteiger partial charge in [0, 0.05) is 24.2 Å². The molecule has 130 valence electrons. The largest absolute Gasteiger partial charge is 0.384 e. The maximum absolute atomic E-state index is 11.8. The van der Waals surface area contributed by atoms with Crippen molar-refractivity contribution >= 4 is 21.4 Å². The fourth-order valence-electron chi connectivity index (χ4n) is 2.64. The van der Waals surface area contributed by atoms with E-state index in [4.69, 9.17) is 5.73 Å². The lowest BCUT2D eigenvalue weighted by molar-refractivity contribution is 0.593. The first kappa shape index (κ1) is 16.2. The summed E-state index contributed by atoms with van der Waals surface area (Å²) < 4.78 is 25.4. The van der Waals surface area contributed by atoms with E-state index in [2.05, 4.69) is 19.9 Å². The van der Waals surface area contributed by atoms with Crippen LogP contribution in [0.3, 0.4) is 0 Å². The highest BCUT2D eigenvalue weighted by Crippen LogP contribution is 2.31. The molecule has 0 atom stereocenters. The highest BCUT2D eigenvalue weighted by molar-refractivity contribution is 7.90. The number of benzene rings is 1. The average molecular weight is 366 g/mol. The van der Waals surface area contributed by atoms with E-state index in [-0.39, 0.29) is 5.16 Å². The number of aromatic nitrogens is 5. The molecular weight excluding hydrogens is 352 g/mol. The van der Waals surface area contributed by atoms with Crippen molar-refractivity contribution in [1.82, 2.24) is 24.3 Å². The lowest BCUT2D eigenvalue weighted by Crippen LogP contribution is -2.05. The molecule has 0 aliphatic heterocycles. The minimum Gasteiger partial charge on any atom is -0.384 e. The van der Waals surface area contributed by atoms with E-state index in [0.29, 0.717) is 28.7 Å². The maximum Gasteiger partial charge on any atom is 0.247 e. The Morgan fingerprint density at radius 3 is 2.50 bits per heavy atom. The van der Waals surface area contributed by atoms with Gasteiger partial charge in [0.25, 0.3) is 0 Å². The topological polar surface area (TPSA) is 116 Å². The maximum atomic E-state index is 11.8. The van der Waals surface area contributed by atoms with Crippen molar-refractivity contribution in [2.45, 2.75) is 5.16 Å². The standard InChI is InChI=1S/C17H14N6O2S/c1-26(24,25)17-19-9-7-12(20-17)15-14(11-5-3-2-4-6-11)22-16-21-13(18)8-10-23(15)16/h2-10H,1H3,(H2,18,21,22). The van der Waals surface area contributed by atoms with Crippen molar-refractivity contribution in [2.75, 3.05) is 12.0 Å². The lowest BCUT2D eigenvalue weighted by Gasteiger charge is -2.06. The van der Waals surface area contributed by atoms with Crippen LogP contribution in [0.2, 0.25) is 0 Å². The summed E-state index contributed by atoms with van der Waals surface area (Å²) in [5.74, 6) is 0.742. The number of imidazole rings is 1. The third kappa shape index (κ3) is 2.78. The van der Waals surface area contributed by atoms with Gasteiger partial charge >= 0.3 is 0 Å². The Hall–Kier alpha value is -3.33. The molecule has 9 heteroatoms. The summed E-state index contributed by atoms with van der Waals surface area (Å²) in [7, 11) is -3.54. The van der Waals surface area contributed by atoms with Crippen LogP contribution in [0, 0.1) is 0 Å². The van der Waals surface area contributed by atoms with Crippen molar-refractivity contribution in [1.29, 1.82) is 0 Å².